The molecule has 0 atom stereocenters. The first-order chi connectivity index (χ1) is 8.51. The first-order valence-electron chi connectivity index (χ1n) is 5.12. The molecule has 18 heavy (non-hydrogen) atoms. The Kier molecular flexibility index (Phi) is 6.16. The average molecular weight is 311 g/mol. The molecule has 0 aliphatic rings. The van der Waals surface area contributed by atoms with Crippen LogP contribution in [0.3, 0.4) is 0 Å². The van der Waals surface area contributed by atoms with E-state index in [2.05, 4.69) is 15.1 Å². The van der Waals surface area contributed by atoms with Crippen molar-refractivity contribution in [2.45, 2.75) is 11.3 Å². The largest absolute Gasteiger partial charge is 0.307 e. The summed E-state index contributed by atoms with van der Waals surface area (Å²) >= 11 is 7.48. The topological polar surface area (TPSA) is 97.1 Å². The van der Waals surface area contributed by atoms with E-state index in [9.17, 15) is 8.42 Å². The van der Waals surface area contributed by atoms with Crippen LogP contribution in [0.15, 0.2) is 17.2 Å². The molecule has 0 radical (unpaired) electrons. The van der Waals surface area contributed by atoms with Gasteiger partial charge in [-0.15, -0.1) is 0 Å². The van der Waals surface area contributed by atoms with E-state index in [0.29, 0.717) is 6.54 Å². The number of anilines is 1. The Balaban J connectivity index is 2.76. The standard InChI is InChI=1S/C9H15ClN4O2S2/c1-17-4-2-3-13-18(15,16)7-5-8(10)9(14-11)12-6-7/h5-6,13H,2-4,11H2,1H3,(H,12,14). The number of thioether (sulfide) groups is 1. The molecule has 0 aliphatic heterocycles. The highest BCUT2D eigenvalue weighted by Gasteiger charge is 2.15. The summed E-state index contributed by atoms with van der Waals surface area (Å²) in [6.07, 6.45) is 3.94. The van der Waals surface area contributed by atoms with Gasteiger partial charge in [0.15, 0.2) is 5.82 Å². The highest BCUT2D eigenvalue weighted by atomic mass is 35.5. The maximum atomic E-state index is 11.9. The van der Waals surface area contributed by atoms with Gasteiger partial charge in [0.25, 0.3) is 0 Å². The van der Waals surface area contributed by atoms with Gasteiger partial charge in [-0.25, -0.2) is 24.0 Å². The number of sulfonamides is 1. The van der Waals surface area contributed by atoms with Crippen molar-refractivity contribution in [2.24, 2.45) is 5.84 Å². The second-order valence-corrected chi connectivity index (χ2v) is 6.55. The summed E-state index contributed by atoms with van der Waals surface area (Å²) in [6.45, 7) is 0.387. The molecule has 0 saturated heterocycles. The summed E-state index contributed by atoms with van der Waals surface area (Å²) in [6, 6.07) is 1.31. The molecule has 102 valence electrons. The minimum Gasteiger partial charge on any atom is -0.307 e. The molecular formula is C9H15ClN4O2S2. The number of rotatable bonds is 7. The summed E-state index contributed by atoms with van der Waals surface area (Å²) in [5.41, 5.74) is 2.27. The predicted molar refractivity (Wildman–Crippen MR) is 75.2 cm³/mol. The van der Waals surface area contributed by atoms with Gasteiger partial charge in [0.2, 0.25) is 10.0 Å². The summed E-state index contributed by atoms with van der Waals surface area (Å²) in [7, 11) is -3.56. The molecule has 1 heterocycles. The SMILES string of the molecule is CSCCCNS(=O)(=O)c1cnc(NN)c(Cl)c1. The number of nitrogen functional groups attached to an aromatic ring is 1. The smallest absolute Gasteiger partial charge is 0.242 e. The zero-order valence-electron chi connectivity index (χ0n) is 9.81. The third-order valence-corrected chi connectivity index (χ3v) is 4.49. The summed E-state index contributed by atoms with van der Waals surface area (Å²) in [4.78, 5) is 3.84. The maximum Gasteiger partial charge on any atom is 0.242 e. The second-order valence-electron chi connectivity index (χ2n) is 3.39. The first-order valence-corrected chi connectivity index (χ1v) is 8.37. The molecule has 0 amide bonds. The molecule has 1 aromatic heterocycles. The molecule has 0 aromatic carbocycles. The van der Waals surface area contributed by atoms with Gasteiger partial charge in [-0.3, -0.25) is 0 Å². The number of nitrogens with zero attached hydrogens (tertiary/aromatic N) is 1. The molecule has 4 N–H and O–H groups in total. The number of hydrogen-bond acceptors (Lipinski definition) is 6. The highest BCUT2D eigenvalue weighted by Crippen LogP contribution is 2.21. The number of aromatic nitrogens is 1. The molecule has 0 spiro atoms. The summed E-state index contributed by atoms with van der Waals surface area (Å²) < 4.78 is 26.2. The van der Waals surface area contributed by atoms with Gasteiger partial charge in [0.1, 0.15) is 4.90 Å². The van der Waals surface area contributed by atoms with Crippen molar-refractivity contribution in [3.05, 3.63) is 17.3 Å². The minimum atomic E-state index is -3.56. The van der Waals surface area contributed by atoms with E-state index >= 15 is 0 Å². The molecule has 9 heteroatoms. The molecule has 6 nitrogen and oxygen atoms in total. The Morgan fingerprint density at radius 1 is 1.56 bits per heavy atom. The fourth-order valence-corrected chi connectivity index (χ4v) is 2.94. The monoisotopic (exact) mass is 310 g/mol. The van der Waals surface area contributed by atoms with Gasteiger partial charge in [-0.1, -0.05) is 11.6 Å². The molecule has 0 bridgehead atoms. The van der Waals surface area contributed by atoms with Crippen LogP contribution >= 0.6 is 23.4 Å². The van der Waals surface area contributed by atoms with Crippen molar-refractivity contribution >= 4 is 39.2 Å². The molecule has 0 fully saturated rings. The van der Waals surface area contributed by atoms with Gasteiger partial charge in [0.05, 0.1) is 5.02 Å². The van der Waals surface area contributed by atoms with Crippen LogP contribution in [0.25, 0.3) is 0 Å². The van der Waals surface area contributed by atoms with E-state index in [1.807, 2.05) is 6.26 Å². The fraction of sp³-hybridized carbons (Fsp3) is 0.444. The van der Waals surface area contributed by atoms with Crippen LogP contribution in [-0.2, 0) is 10.0 Å². The number of halogens is 1. The van der Waals surface area contributed by atoms with Gasteiger partial charge in [0, 0.05) is 12.7 Å². The zero-order chi connectivity index (χ0) is 13.6. The second kappa shape index (κ2) is 7.15. The summed E-state index contributed by atoms with van der Waals surface area (Å²) in [5, 5.41) is 0.157. The molecule has 1 rings (SSSR count). The Hall–Kier alpha value is -0.540. The van der Waals surface area contributed by atoms with E-state index in [4.69, 9.17) is 17.4 Å². The van der Waals surface area contributed by atoms with Crippen molar-refractivity contribution in [3.63, 3.8) is 0 Å². The number of hydrazine groups is 1. The lowest BCUT2D eigenvalue weighted by atomic mass is 10.5. The van der Waals surface area contributed by atoms with E-state index in [0.717, 1.165) is 12.2 Å². The molecule has 0 aliphatic carbocycles. The first kappa shape index (κ1) is 15.5. The number of nitrogens with one attached hydrogen (secondary N) is 2. The van der Waals surface area contributed by atoms with Crippen molar-refractivity contribution in [3.8, 4) is 0 Å². The van der Waals surface area contributed by atoms with Crippen molar-refractivity contribution < 1.29 is 8.42 Å². The normalized spacial score (nSPS) is 11.5. The number of hydrogen-bond donors (Lipinski definition) is 3. The van der Waals surface area contributed by atoms with E-state index in [1.165, 1.54) is 12.3 Å². The highest BCUT2D eigenvalue weighted by molar-refractivity contribution is 7.98. The molecular weight excluding hydrogens is 296 g/mol. The van der Waals surface area contributed by atoms with Gasteiger partial charge >= 0.3 is 0 Å². The number of pyridine rings is 1. The lowest BCUT2D eigenvalue weighted by molar-refractivity contribution is 0.580. The Labute approximate surface area is 116 Å². The predicted octanol–water partition coefficient (Wildman–Crippen LogP) is 1.05. The van der Waals surface area contributed by atoms with Gasteiger partial charge < -0.3 is 5.43 Å². The van der Waals surface area contributed by atoms with E-state index in [1.54, 1.807) is 11.8 Å². The van der Waals surface area contributed by atoms with Crippen LogP contribution in [0, 0.1) is 0 Å². The van der Waals surface area contributed by atoms with Crippen molar-refractivity contribution in [2.75, 3.05) is 24.0 Å². The molecule has 0 saturated carbocycles. The lowest BCUT2D eigenvalue weighted by Crippen LogP contribution is -2.25. The number of nitrogens with two attached hydrogens (primary N) is 1. The van der Waals surface area contributed by atoms with E-state index < -0.39 is 10.0 Å². The Morgan fingerprint density at radius 2 is 2.28 bits per heavy atom. The van der Waals surface area contributed by atoms with Gasteiger partial charge in [-0.05, 0) is 24.5 Å². The average Bonchev–Trinajstić information content (AvgIpc) is 2.34. The summed E-state index contributed by atoms with van der Waals surface area (Å²) in [5.74, 6) is 6.29. The van der Waals surface area contributed by atoms with Crippen LogP contribution in [0.2, 0.25) is 5.02 Å². The third-order valence-electron chi connectivity index (χ3n) is 2.08. The minimum absolute atomic E-state index is 0.0238. The Bertz CT molecular complexity index is 495. The van der Waals surface area contributed by atoms with Crippen molar-refractivity contribution in [1.82, 2.24) is 9.71 Å². The lowest BCUT2D eigenvalue weighted by Gasteiger charge is -2.08. The molecule has 1 aromatic rings. The van der Waals surface area contributed by atoms with Crippen LogP contribution in [-0.4, -0.2) is 32.0 Å². The van der Waals surface area contributed by atoms with Crippen LogP contribution in [0.5, 0.6) is 0 Å². The van der Waals surface area contributed by atoms with Gasteiger partial charge in [-0.2, -0.15) is 11.8 Å². The maximum absolute atomic E-state index is 11.9. The third kappa shape index (κ3) is 4.29. The quantitative estimate of drug-likeness (QED) is 0.396. The zero-order valence-corrected chi connectivity index (χ0v) is 12.2. The Morgan fingerprint density at radius 3 is 2.83 bits per heavy atom. The van der Waals surface area contributed by atoms with Crippen LogP contribution in [0.1, 0.15) is 6.42 Å². The molecule has 0 unspecified atom stereocenters. The van der Waals surface area contributed by atoms with Crippen LogP contribution in [0.4, 0.5) is 5.82 Å². The van der Waals surface area contributed by atoms with Crippen molar-refractivity contribution in [1.29, 1.82) is 0 Å². The van der Waals surface area contributed by atoms with E-state index in [-0.39, 0.29) is 15.7 Å². The van der Waals surface area contributed by atoms with Crippen LogP contribution < -0.4 is 16.0 Å². The fourth-order valence-electron chi connectivity index (χ4n) is 1.18.